The number of rotatable bonds is 7. The Morgan fingerprint density at radius 1 is 1.47 bits per heavy atom. The molecule has 0 radical (unpaired) electrons. The lowest BCUT2D eigenvalue weighted by atomic mass is 10.2. The van der Waals surface area contributed by atoms with Crippen molar-refractivity contribution >= 4 is 5.82 Å². The fraction of sp³-hybridized carbons (Fsp3) is 0.714. The Labute approximate surface area is 115 Å². The van der Waals surface area contributed by atoms with Gasteiger partial charge in [-0.3, -0.25) is 4.90 Å². The van der Waals surface area contributed by atoms with Crippen LogP contribution in [0.1, 0.15) is 32.3 Å². The number of aromatic nitrogens is 2. The zero-order chi connectivity index (χ0) is 13.8. The Balaban J connectivity index is 1.93. The third-order valence-corrected chi connectivity index (χ3v) is 3.70. The van der Waals surface area contributed by atoms with Gasteiger partial charge < -0.3 is 10.1 Å². The number of hydrogen-bond donors (Lipinski definition) is 1. The average molecular weight is 264 g/mol. The number of likely N-dealkylation sites (N-methyl/N-ethyl adjacent to an activating group) is 1. The molecule has 1 saturated carbocycles. The number of hydrogen-bond acceptors (Lipinski definition) is 5. The first-order valence-electron chi connectivity index (χ1n) is 7.03. The van der Waals surface area contributed by atoms with Gasteiger partial charge in [0.2, 0.25) is 5.88 Å². The molecule has 0 aromatic carbocycles. The zero-order valence-corrected chi connectivity index (χ0v) is 12.3. The highest BCUT2D eigenvalue weighted by atomic mass is 16.5. The zero-order valence-electron chi connectivity index (χ0n) is 12.3. The van der Waals surface area contributed by atoms with Crippen molar-refractivity contribution in [3.8, 4) is 5.88 Å². The number of ether oxygens (including phenoxy) is 1. The first kappa shape index (κ1) is 14.1. The molecule has 1 aromatic heterocycles. The van der Waals surface area contributed by atoms with Crippen molar-refractivity contribution in [1.29, 1.82) is 0 Å². The van der Waals surface area contributed by atoms with Crippen LogP contribution in [-0.4, -0.2) is 47.2 Å². The van der Waals surface area contributed by atoms with Gasteiger partial charge in [-0.15, -0.1) is 0 Å². The molecule has 5 heteroatoms. The van der Waals surface area contributed by atoms with Gasteiger partial charge in [0.1, 0.15) is 12.1 Å². The minimum Gasteiger partial charge on any atom is -0.478 e. The smallest absolute Gasteiger partial charge is 0.221 e. The van der Waals surface area contributed by atoms with Crippen LogP contribution in [-0.2, 0) is 0 Å². The summed E-state index contributed by atoms with van der Waals surface area (Å²) in [5.41, 5.74) is 0.977. The molecule has 2 rings (SSSR count). The van der Waals surface area contributed by atoms with Gasteiger partial charge in [-0.05, 0) is 40.7 Å². The Bertz CT molecular complexity index is 420. The van der Waals surface area contributed by atoms with Crippen molar-refractivity contribution in [2.24, 2.45) is 0 Å². The average Bonchev–Trinajstić information content (AvgIpc) is 3.23. The minimum atomic E-state index is 0.498. The second kappa shape index (κ2) is 6.19. The van der Waals surface area contributed by atoms with Gasteiger partial charge in [-0.2, -0.15) is 0 Å². The van der Waals surface area contributed by atoms with Gasteiger partial charge in [0.05, 0.1) is 12.2 Å². The van der Waals surface area contributed by atoms with Crippen LogP contribution in [0.2, 0.25) is 0 Å². The second-order valence-electron chi connectivity index (χ2n) is 5.21. The molecule has 0 saturated heterocycles. The van der Waals surface area contributed by atoms with Crippen LogP contribution in [0.4, 0.5) is 5.82 Å². The summed E-state index contributed by atoms with van der Waals surface area (Å²) < 4.78 is 5.48. The minimum absolute atomic E-state index is 0.498. The van der Waals surface area contributed by atoms with Gasteiger partial charge in [0, 0.05) is 18.6 Å². The van der Waals surface area contributed by atoms with E-state index in [1.165, 1.54) is 12.8 Å². The van der Waals surface area contributed by atoms with Crippen molar-refractivity contribution in [3.05, 3.63) is 11.9 Å². The van der Waals surface area contributed by atoms with Crippen LogP contribution < -0.4 is 10.1 Å². The van der Waals surface area contributed by atoms with Crippen LogP contribution in [0.5, 0.6) is 5.88 Å². The third-order valence-electron chi connectivity index (χ3n) is 3.70. The topological polar surface area (TPSA) is 50.3 Å². The lowest BCUT2D eigenvalue weighted by Crippen LogP contribution is -2.36. The maximum atomic E-state index is 5.48. The molecule has 19 heavy (non-hydrogen) atoms. The monoisotopic (exact) mass is 264 g/mol. The fourth-order valence-corrected chi connectivity index (χ4v) is 2.12. The van der Waals surface area contributed by atoms with Crippen LogP contribution in [0.3, 0.4) is 0 Å². The highest BCUT2D eigenvalue weighted by molar-refractivity contribution is 5.47. The highest BCUT2D eigenvalue weighted by Crippen LogP contribution is 2.27. The molecule has 1 unspecified atom stereocenters. The lowest BCUT2D eigenvalue weighted by Gasteiger charge is -2.25. The number of nitrogens with one attached hydrogen (secondary N) is 1. The number of nitrogens with zero attached hydrogens (tertiary/aromatic N) is 3. The molecule has 0 spiro atoms. The Hall–Kier alpha value is -1.36. The second-order valence-corrected chi connectivity index (χ2v) is 5.21. The van der Waals surface area contributed by atoms with Gasteiger partial charge in [0.15, 0.2) is 0 Å². The van der Waals surface area contributed by atoms with E-state index >= 15 is 0 Å². The van der Waals surface area contributed by atoms with Gasteiger partial charge >= 0.3 is 0 Å². The van der Waals surface area contributed by atoms with E-state index in [9.17, 15) is 0 Å². The third kappa shape index (κ3) is 3.56. The summed E-state index contributed by atoms with van der Waals surface area (Å²) in [6.07, 6.45) is 4.22. The first-order chi connectivity index (χ1) is 9.13. The van der Waals surface area contributed by atoms with Crippen molar-refractivity contribution in [2.75, 3.05) is 25.5 Å². The molecule has 1 N–H and O–H groups in total. The van der Waals surface area contributed by atoms with E-state index in [1.54, 1.807) is 6.33 Å². The summed E-state index contributed by atoms with van der Waals surface area (Å²) in [4.78, 5) is 10.9. The molecule has 1 heterocycles. The van der Waals surface area contributed by atoms with Crippen molar-refractivity contribution in [1.82, 2.24) is 14.9 Å². The molecule has 106 valence electrons. The van der Waals surface area contributed by atoms with Gasteiger partial charge in [-0.25, -0.2) is 9.97 Å². The molecular weight excluding hydrogens is 240 g/mol. The van der Waals surface area contributed by atoms with Crippen LogP contribution in [0.25, 0.3) is 0 Å². The standard InChI is InChI=1S/C14H24N4O/c1-5-19-14-11(3)13(16-9-17-14)15-8-10(2)18(4)12-6-7-12/h9-10,12H,5-8H2,1-4H3,(H,15,16,17). The van der Waals surface area contributed by atoms with E-state index in [4.69, 9.17) is 4.74 Å². The van der Waals surface area contributed by atoms with E-state index in [0.717, 1.165) is 24.0 Å². The van der Waals surface area contributed by atoms with Crippen molar-refractivity contribution in [3.63, 3.8) is 0 Å². The van der Waals surface area contributed by atoms with Crippen LogP contribution in [0, 0.1) is 6.92 Å². The molecule has 1 fully saturated rings. The van der Waals surface area contributed by atoms with Gasteiger partial charge in [0.25, 0.3) is 0 Å². The maximum Gasteiger partial charge on any atom is 0.221 e. The van der Waals surface area contributed by atoms with Crippen molar-refractivity contribution in [2.45, 2.75) is 45.7 Å². The SMILES string of the molecule is CCOc1ncnc(NCC(C)N(C)C2CC2)c1C. The quantitative estimate of drug-likeness (QED) is 0.817. The normalized spacial score (nSPS) is 16.5. The molecular formula is C14H24N4O. The highest BCUT2D eigenvalue weighted by Gasteiger charge is 2.28. The molecule has 0 bridgehead atoms. The predicted octanol–water partition coefficient (Wildman–Crippen LogP) is 2.08. The summed E-state index contributed by atoms with van der Waals surface area (Å²) >= 11 is 0. The molecule has 1 aliphatic carbocycles. The lowest BCUT2D eigenvalue weighted by molar-refractivity contribution is 0.257. The van der Waals surface area contributed by atoms with Crippen LogP contribution >= 0.6 is 0 Å². The van der Waals surface area contributed by atoms with E-state index in [1.807, 2.05) is 13.8 Å². The summed E-state index contributed by atoms with van der Waals surface area (Å²) in [6.45, 7) is 7.70. The molecule has 1 aromatic rings. The molecule has 1 aliphatic rings. The Kier molecular flexibility index (Phi) is 4.58. The maximum absolute atomic E-state index is 5.48. The van der Waals surface area contributed by atoms with Crippen LogP contribution in [0.15, 0.2) is 6.33 Å². The van der Waals surface area contributed by atoms with E-state index in [0.29, 0.717) is 18.5 Å². The molecule has 0 aliphatic heterocycles. The predicted molar refractivity (Wildman–Crippen MR) is 76.7 cm³/mol. The Morgan fingerprint density at radius 3 is 2.84 bits per heavy atom. The van der Waals surface area contributed by atoms with E-state index < -0.39 is 0 Å². The molecule has 1 atom stereocenters. The number of anilines is 1. The summed E-state index contributed by atoms with van der Waals surface area (Å²) in [5, 5.41) is 3.40. The van der Waals surface area contributed by atoms with Gasteiger partial charge in [-0.1, -0.05) is 0 Å². The van der Waals surface area contributed by atoms with E-state index in [-0.39, 0.29) is 0 Å². The largest absolute Gasteiger partial charge is 0.478 e. The van der Waals surface area contributed by atoms with E-state index in [2.05, 4.69) is 34.2 Å². The summed E-state index contributed by atoms with van der Waals surface area (Å²) in [5.74, 6) is 1.54. The Morgan fingerprint density at radius 2 is 2.21 bits per heavy atom. The fourth-order valence-electron chi connectivity index (χ4n) is 2.12. The molecule has 0 amide bonds. The first-order valence-corrected chi connectivity index (χ1v) is 7.03. The summed E-state index contributed by atoms with van der Waals surface area (Å²) in [6, 6.07) is 1.28. The molecule has 5 nitrogen and oxygen atoms in total. The van der Waals surface area contributed by atoms with Crippen molar-refractivity contribution < 1.29 is 4.74 Å². The summed E-state index contributed by atoms with van der Waals surface area (Å²) in [7, 11) is 2.20.